The van der Waals surface area contributed by atoms with E-state index in [2.05, 4.69) is 0 Å². The highest BCUT2D eigenvalue weighted by molar-refractivity contribution is 14.1. The summed E-state index contributed by atoms with van der Waals surface area (Å²) in [5.74, 6) is -0.190. The summed E-state index contributed by atoms with van der Waals surface area (Å²) in [6.45, 7) is 3.59. The van der Waals surface area contributed by atoms with Gasteiger partial charge in [0.25, 0.3) is 0 Å². The number of halogens is 1. The van der Waals surface area contributed by atoms with Crippen molar-refractivity contribution >= 4 is 28.6 Å². The maximum atomic E-state index is 11.4. The van der Waals surface area contributed by atoms with Crippen LogP contribution in [0.3, 0.4) is 0 Å². The van der Waals surface area contributed by atoms with E-state index in [4.69, 9.17) is 4.74 Å². The van der Waals surface area contributed by atoms with Crippen LogP contribution in [0.5, 0.6) is 5.75 Å². The van der Waals surface area contributed by atoms with Crippen LogP contribution in [0, 0.1) is 3.57 Å². The van der Waals surface area contributed by atoms with Crippen molar-refractivity contribution in [1.29, 1.82) is 0 Å². The van der Waals surface area contributed by atoms with Crippen molar-refractivity contribution in [3.8, 4) is 5.75 Å². The number of rotatable bonds is 2. The van der Waals surface area contributed by atoms with Gasteiger partial charge in [0.2, 0.25) is 0 Å². The Bertz CT molecular complexity index is 347. The Labute approximate surface area is 96.2 Å². The van der Waals surface area contributed by atoms with Crippen LogP contribution in [0.25, 0.3) is 0 Å². The molecule has 0 aliphatic carbocycles. The molecule has 0 unspecified atom stereocenters. The third-order valence-electron chi connectivity index (χ3n) is 1.53. The first-order valence-corrected chi connectivity index (χ1v) is 5.28. The lowest BCUT2D eigenvalue weighted by atomic mass is 10.2. The quantitative estimate of drug-likeness (QED) is 0.675. The van der Waals surface area contributed by atoms with Crippen molar-refractivity contribution < 1.29 is 14.6 Å². The molecule has 0 amide bonds. The molecule has 4 heteroatoms. The van der Waals surface area contributed by atoms with Crippen LogP contribution in [-0.2, 0) is 4.74 Å². The second kappa shape index (κ2) is 4.63. The molecule has 0 aromatic heterocycles. The smallest absolute Gasteiger partial charge is 0.338 e. The van der Waals surface area contributed by atoms with Crippen molar-refractivity contribution in [2.24, 2.45) is 0 Å². The van der Waals surface area contributed by atoms with Gasteiger partial charge in [-0.2, -0.15) is 0 Å². The van der Waals surface area contributed by atoms with Gasteiger partial charge in [-0.1, -0.05) is 0 Å². The van der Waals surface area contributed by atoms with Crippen LogP contribution < -0.4 is 0 Å². The van der Waals surface area contributed by atoms with E-state index >= 15 is 0 Å². The van der Waals surface area contributed by atoms with E-state index in [1.54, 1.807) is 26.0 Å². The molecule has 0 radical (unpaired) electrons. The summed E-state index contributed by atoms with van der Waals surface area (Å²) in [7, 11) is 0. The number of ether oxygens (including phenoxy) is 1. The minimum atomic E-state index is -0.363. The highest BCUT2D eigenvalue weighted by Crippen LogP contribution is 2.20. The van der Waals surface area contributed by atoms with Gasteiger partial charge in [0, 0.05) is 0 Å². The van der Waals surface area contributed by atoms with Crippen molar-refractivity contribution in [3.05, 3.63) is 27.3 Å². The average molecular weight is 306 g/mol. The summed E-state index contributed by atoms with van der Waals surface area (Å²) < 4.78 is 5.65. The molecular weight excluding hydrogens is 295 g/mol. The summed E-state index contributed by atoms with van der Waals surface area (Å²) >= 11 is 1.96. The molecular formula is C10H11IO3. The minimum absolute atomic E-state index is 0.131. The van der Waals surface area contributed by atoms with Crippen LogP contribution in [0.2, 0.25) is 0 Å². The molecule has 0 fully saturated rings. The summed E-state index contributed by atoms with van der Waals surface area (Å²) in [6.07, 6.45) is -0.131. The Morgan fingerprint density at radius 3 is 2.64 bits per heavy atom. The van der Waals surface area contributed by atoms with Gasteiger partial charge in [-0.05, 0) is 54.6 Å². The molecule has 0 saturated carbocycles. The molecule has 1 rings (SSSR count). The summed E-state index contributed by atoms with van der Waals surface area (Å²) in [5.41, 5.74) is 0.459. The molecule has 0 atom stereocenters. The third kappa shape index (κ3) is 2.87. The predicted octanol–water partition coefficient (Wildman–Crippen LogP) is 2.56. The van der Waals surface area contributed by atoms with Gasteiger partial charge in [0.05, 0.1) is 15.2 Å². The van der Waals surface area contributed by atoms with Gasteiger partial charge in [-0.3, -0.25) is 0 Å². The molecule has 1 N–H and O–H groups in total. The fourth-order valence-electron chi connectivity index (χ4n) is 0.916. The Kier molecular flexibility index (Phi) is 3.74. The monoisotopic (exact) mass is 306 g/mol. The summed E-state index contributed by atoms with van der Waals surface area (Å²) in [5, 5.41) is 9.25. The number of carbonyl (C=O) groups excluding carboxylic acids is 1. The number of hydrogen-bond donors (Lipinski definition) is 1. The average Bonchev–Trinajstić information content (AvgIpc) is 2.08. The molecule has 0 aliphatic rings. The molecule has 0 spiro atoms. The van der Waals surface area contributed by atoms with Crippen molar-refractivity contribution in [2.45, 2.75) is 20.0 Å². The zero-order valence-corrected chi connectivity index (χ0v) is 10.1. The van der Waals surface area contributed by atoms with Crippen LogP contribution in [0.1, 0.15) is 24.2 Å². The molecule has 3 nitrogen and oxygen atoms in total. The Morgan fingerprint density at radius 2 is 2.14 bits per heavy atom. The van der Waals surface area contributed by atoms with E-state index in [0.29, 0.717) is 9.13 Å². The zero-order chi connectivity index (χ0) is 10.7. The zero-order valence-electron chi connectivity index (χ0n) is 7.95. The lowest BCUT2D eigenvalue weighted by Gasteiger charge is -2.08. The van der Waals surface area contributed by atoms with Crippen LogP contribution in [0.15, 0.2) is 18.2 Å². The van der Waals surface area contributed by atoms with Crippen molar-refractivity contribution in [3.63, 3.8) is 0 Å². The fraction of sp³-hybridized carbons (Fsp3) is 0.300. The lowest BCUT2D eigenvalue weighted by molar-refractivity contribution is 0.0378. The topological polar surface area (TPSA) is 46.5 Å². The highest BCUT2D eigenvalue weighted by atomic mass is 127. The normalized spacial score (nSPS) is 10.3. The van der Waals surface area contributed by atoms with Gasteiger partial charge in [0.1, 0.15) is 5.75 Å². The Hall–Kier alpha value is -0.780. The molecule has 0 heterocycles. The number of phenols is 1. The first kappa shape index (κ1) is 11.3. The first-order chi connectivity index (χ1) is 6.50. The van der Waals surface area contributed by atoms with Gasteiger partial charge in [-0.15, -0.1) is 0 Å². The van der Waals surface area contributed by atoms with E-state index in [1.165, 1.54) is 6.07 Å². The largest absolute Gasteiger partial charge is 0.507 e. The number of aromatic hydroxyl groups is 1. The van der Waals surface area contributed by atoms with Gasteiger partial charge >= 0.3 is 5.97 Å². The predicted molar refractivity (Wildman–Crippen MR) is 61.4 cm³/mol. The molecule has 76 valence electrons. The number of phenolic OH excluding ortho intramolecular Hbond substituents is 1. The lowest BCUT2D eigenvalue weighted by Crippen LogP contribution is -2.11. The van der Waals surface area contributed by atoms with Gasteiger partial charge < -0.3 is 9.84 Å². The Morgan fingerprint density at radius 1 is 1.50 bits per heavy atom. The Balaban J connectivity index is 2.86. The fourth-order valence-corrected chi connectivity index (χ4v) is 1.43. The first-order valence-electron chi connectivity index (χ1n) is 4.20. The van der Waals surface area contributed by atoms with Gasteiger partial charge in [0.15, 0.2) is 0 Å². The number of carbonyl (C=O) groups is 1. The van der Waals surface area contributed by atoms with Gasteiger partial charge in [-0.25, -0.2) is 4.79 Å². The van der Waals surface area contributed by atoms with E-state index < -0.39 is 0 Å². The molecule has 0 saturated heterocycles. The molecule has 1 aromatic carbocycles. The second-order valence-corrected chi connectivity index (χ2v) is 4.28. The van der Waals surface area contributed by atoms with Crippen LogP contribution in [0.4, 0.5) is 0 Å². The molecule has 14 heavy (non-hydrogen) atoms. The maximum absolute atomic E-state index is 11.4. The van der Waals surface area contributed by atoms with Crippen molar-refractivity contribution in [2.75, 3.05) is 0 Å². The van der Waals surface area contributed by atoms with Crippen molar-refractivity contribution in [1.82, 2.24) is 0 Å². The van der Waals surface area contributed by atoms with E-state index in [0.717, 1.165) is 0 Å². The number of benzene rings is 1. The second-order valence-electron chi connectivity index (χ2n) is 3.12. The SMILES string of the molecule is CC(C)OC(=O)c1ccc(O)c(I)c1. The van der Waals surface area contributed by atoms with E-state index in [1.807, 2.05) is 22.6 Å². The van der Waals surface area contributed by atoms with E-state index in [9.17, 15) is 9.90 Å². The minimum Gasteiger partial charge on any atom is -0.507 e. The number of esters is 1. The highest BCUT2D eigenvalue weighted by Gasteiger charge is 2.10. The maximum Gasteiger partial charge on any atom is 0.338 e. The van der Waals surface area contributed by atoms with E-state index in [-0.39, 0.29) is 17.8 Å². The van der Waals surface area contributed by atoms with Crippen LogP contribution >= 0.6 is 22.6 Å². The number of hydrogen-bond acceptors (Lipinski definition) is 3. The third-order valence-corrected chi connectivity index (χ3v) is 2.39. The molecule has 0 aliphatic heterocycles. The molecule has 0 bridgehead atoms. The summed E-state index contributed by atoms with van der Waals surface area (Å²) in [6, 6.07) is 4.63. The standard InChI is InChI=1S/C10H11IO3/c1-6(2)14-10(13)7-3-4-9(12)8(11)5-7/h3-6,12H,1-2H3. The molecule has 1 aromatic rings. The summed E-state index contributed by atoms with van der Waals surface area (Å²) in [4.78, 5) is 11.4. The van der Waals surface area contributed by atoms with Crippen LogP contribution in [-0.4, -0.2) is 17.2 Å².